The lowest BCUT2D eigenvalue weighted by Gasteiger charge is -2.32. The number of carbonyl (C=O) groups excluding carboxylic acids is 1. The van der Waals surface area contributed by atoms with Gasteiger partial charge in [-0.1, -0.05) is 19.8 Å². The Morgan fingerprint density at radius 3 is 2.70 bits per heavy atom. The topological polar surface area (TPSA) is 78.9 Å². The molecule has 0 aromatic rings. The van der Waals surface area contributed by atoms with Gasteiger partial charge in [0, 0.05) is 13.1 Å². The molecule has 20 heavy (non-hydrogen) atoms. The number of carbonyl (C=O) groups is 2. The molecule has 2 fully saturated rings. The van der Waals surface area contributed by atoms with Crippen molar-refractivity contribution in [3.63, 3.8) is 0 Å². The number of nitrogens with one attached hydrogen (secondary N) is 1. The summed E-state index contributed by atoms with van der Waals surface area (Å²) in [5.41, 5.74) is 0. The largest absolute Gasteiger partial charge is 0.481 e. The number of urea groups is 1. The van der Waals surface area contributed by atoms with Crippen molar-refractivity contribution in [2.75, 3.05) is 20.3 Å². The van der Waals surface area contributed by atoms with Crippen molar-refractivity contribution in [1.29, 1.82) is 0 Å². The lowest BCUT2D eigenvalue weighted by Crippen LogP contribution is -2.51. The maximum atomic E-state index is 12.2. The average molecular weight is 284 g/mol. The van der Waals surface area contributed by atoms with Crippen LogP contribution in [0.25, 0.3) is 0 Å². The summed E-state index contributed by atoms with van der Waals surface area (Å²) in [5.74, 6) is -0.893. The fourth-order valence-electron chi connectivity index (χ4n) is 3.15. The third-order valence-corrected chi connectivity index (χ3v) is 4.45. The van der Waals surface area contributed by atoms with Crippen LogP contribution in [0, 0.1) is 11.8 Å². The van der Waals surface area contributed by atoms with Crippen LogP contribution >= 0.6 is 0 Å². The fraction of sp³-hybridized carbons (Fsp3) is 0.857. The highest BCUT2D eigenvalue weighted by Gasteiger charge is 2.38. The average Bonchev–Trinajstić information content (AvgIpc) is 2.87. The molecule has 0 aromatic heterocycles. The molecular formula is C14H24N2O4. The third kappa shape index (κ3) is 3.42. The zero-order chi connectivity index (χ0) is 14.7. The maximum Gasteiger partial charge on any atom is 0.317 e. The van der Waals surface area contributed by atoms with Crippen molar-refractivity contribution in [1.82, 2.24) is 10.2 Å². The van der Waals surface area contributed by atoms with Gasteiger partial charge in [0.25, 0.3) is 0 Å². The number of ether oxygens (including phenoxy) is 1. The molecule has 114 valence electrons. The van der Waals surface area contributed by atoms with Gasteiger partial charge in [0.15, 0.2) is 0 Å². The summed E-state index contributed by atoms with van der Waals surface area (Å²) in [5, 5.41) is 12.2. The summed E-state index contributed by atoms with van der Waals surface area (Å²) < 4.78 is 5.21. The molecule has 0 bridgehead atoms. The fourth-order valence-corrected chi connectivity index (χ4v) is 3.15. The van der Waals surface area contributed by atoms with Gasteiger partial charge in [-0.2, -0.15) is 0 Å². The van der Waals surface area contributed by atoms with E-state index in [1.807, 2.05) is 0 Å². The Morgan fingerprint density at radius 2 is 2.05 bits per heavy atom. The van der Waals surface area contributed by atoms with Crippen molar-refractivity contribution in [2.24, 2.45) is 11.8 Å². The second-order valence-corrected chi connectivity index (χ2v) is 6.08. The van der Waals surface area contributed by atoms with E-state index in [1.165, 1.54) is 11.3 Å². The summed E-state index contributed by atoms with van der Waals surface area (Å²) in [6, 6.07) is -0.362. The second-order valence-electron chi connectivity index (χ2n) is 6.08. The predicted octanol–water partition coefficient (Wildman–Crippen LogP) is 1.31. The number of likely N-dealkylation sites (N-methyl/N-ethyl adjacent to an activating group) is 1. The van der Waals surface area contributed by atoms with Crippen LogP contribution in [0.15, 0.2) is 0 Å². The Hall–Kier alpha value is -1.30. The highest BCUT2D eigenvalue weighted by Crippen LogP contribution is 2.24. The van der Waals surface area contributed by atoms with Gasteiger partial charge in [0.2, 0.25) is 0 Å². The van der Waals surface area contributed by atoms with E-state index >= 15 is 0 Å². The summed E-state index contributed by atoms with van der Waals surface area (Å²) in [7, 11) is 1.65. The lowest BCUT2D eigenvalue weighted by atomic mass is 9.87. The lowest BCUT2D eigenvalue weighted by molar-refractivity contribution is -0.142. The van der Waals surface area contributed by atoms with E-state index < -0.39 is 11.9 Å². The summed E-state index contributed by atoms with van der Waals surface area (Å²) in [6.45, 7) is 2.67. The number of rotatable bonds is 3. The van der Waals surface area contributed by atoms with Crippen molar-refractivity contribution in [3.8, 4) is 0 Å². The Balaban J connectivity index is 1.89. The molecule has 6 heteroatoms. The Kier molecular flexibility index (Phi) is 4.86. The minimum absolute atomic E-state index is 0.179. The molecule has 4 atom stereocenters. The number of carboxylic acid groups (broad SMARTS) is 1. The van der Waals surface area contributed by atoms with E-state index in [9.17, 15) is 9.59 Å². The molecular weight excluding hydrogens is 260 g/mol. The Bertz CT molecular complexity index is 374. The maximum absolute atomic E-state index is 12.2. The molecule has 0 radical (unpaired) electrons. The summed E-state index contributed by atoms with van der Waals surface area (Å²) in [6.07, 6.45) is 4.37. The van der Waals surface area contributed by atoms with Gasteiger partial charge in [0.05, 0.1) is 19.3 Å². The van der Waals surface area contributed by atoms with Crippen LogP contribution in [0.4, 0.5) is 4.79 Å². The zero-order valence-corrected chi connectivity index (χ0v) is 12.2. The van der Waals surface area contributed by atoms with E-state index in [2.05, 4.69) is 12.2 Å². The van der Waals surface area contributed by atoms with Gasteiger partial charge >= 0.3 is 12.0 Å². The number of hydrogen-bond acceptors (Lipinski definition) is 3. The molecule has 1 heterocycles. The molecule has 2 N–H and O–H groups in total. The van der Waals surface area contributed by atoms with E-state index in [-0.39, 0.29) is 24.7 Å². The molecule has 0 spiro atoms. The monoisotopic (exact) mass is 284 g/mol. The highest BCUT2D eigenvalue weighted by atomic mass is 16.5. The third-order valence-electron chi connectivity index (χ3n) is 4.45. The SMILES string of the molecule is CC1CCCC(NC(=O)N(C)C2COCC2C(=O)O)C1. The Morgan fingerprint density at radius 1 is 1.30 bits per heavy atom. The molecule has 4 unspecified atom stereocenters. The molecule has 1 saturated carbocycles. The molecule has 6 nitrogen and oxygen atoms in total. The highest BCUT2D eigenvalue weighted by molar-refractivity contribution is 5.77. The van der Waals surface area contributed by atoms with Gasteiger partial charge < -0.3 is 20.1 Å². The molecule has 2 amide bonds. The van der Waals surface area contributed by atoms with Gasteiger partial charge in [0.1, 0.15) is 5.92 Å². The van der Waals surface area contributed by atoms with E-state index in [0.29, 0.717) is 12.5 Å². The van der Waals surface area contributed by atoms with Crippen LogP contribution in [0.2, 0.25) is 0 Å². The number of hydrogen-bond donors (Lipinski definition) is 2. The molecule has 1 aliphatic carbocycles. The molecule has 0 aromatic carbocycles. The van der Waals surface area contributed by atoms with Crippen molar-refractivity contribution >= 4 is 12.0 Å². The van der Waals surface area contributed by atoms with E-state index in [1.54, 1.807) is 7.05 Å². The van der Waals surface area contributed by atoms with Gasteiger partial charge in [-0.25, -0.2) is 4.79 Å². The quantitative estimate of drug-likeness (QED) is 0.819. The van der Waals surface area contributed by atoms with Gasteiger partial charge in [-0.05, 0) is 18.8 Å². The molecule has 2 rings (SSSR count). The molecule has 2 aliphatic rings. The first-order valence-corrected chi connectivity index (χ1v) is 7.33. The Labute approximate surface area is 119 Å². The first-order chi connectivity index (χ1) is 9.49. The predicted molar refractivity (Wildman–Crippen MR) is 73.4 cm³/mol. The summed E-state index contributed by atoms with van der Waals surface area (Å²) >= 11 is 0. The number of amides is 2. The minimum atomic E-state index is -0.904. The van der Waals surface area contributed by atoms with Crippen molar-refractivity contribution in [3.05, 3.63) is 0 Å². The van der Waals surface area contributed by atoms with Crippen LogP contribution in [0.3, 0.4) is 0 Å². The van der Waals surface area contributed by atoms with Crippen LogP contribution < -0.4 is 5.32 Å². The smallest absolute Gasteiger partial charge is 0.317 e. The number of nitrogens with zero attached hydrogens (tertiary/aromatic N) is 1. The first kappa shape index (κ1) is 15.1. The van der Waals surface area contributed by atoms with Crippen molar-refractivity contribution < 1.29 is 19.4 Å². The van der Waals surface area contributed by atoms with Crippen LogP contribution in [0.1, 0.15) is 32.6 Å². The second kappa shape index (κ2) is 6.43. The van der Waals surface area contributed by atoms with Crippen LogP contribution in [-0.4, -0.2) is 54.4 Å². The van der Waals surface area contributed by atoms with E-state index in [0.717, 1.165) is 19.3 Å². The minimum Gasteiger partial charge on any atom is -0.481 e. The van der Waals surface area contributed by atoms with Gasteiger partial charge in [-0.15, -0.1) is 0 Å². The standard InChI is InChI=1S/C14H24N2O4/c1-9-4-3-5-10(6-9)15-14(19)16(2)12-8-20-7-11(12)13(17)18/h9-12H,3-8H2,1-2H3,(H,15,19)(H,17,18). The molecule has 1 saturated heterocycles. The molecule has 1 aliphatic heterocycles. The van der Waals surface area contributed by atoms with Crippen LogP contribution in [0.5, 0.6) is 0 Å². The first-order valence-electron chi connectivity index (χ1n) is 7.33. The summed E-state index contributed by atoms with van der Waals surface area (Å²) in [4.78, 5) is 24.9. The van der Waals surface area contributed by atoms with Crippen LogP contribution in [-0.2, 0) is 9.53 Å². The van der Waals surface area contributed by atoms with E-state index in [4.69, 9.17) is 9.84 Å². The van der Waals surface area contributed by atoms with Crippen molar-refractivity contribution in [2.45, 2.75) is 44.7 Å². The zero-order valence-electron chi connectivity index (χ0n) is 12.2. The normalized spacial score (nSPS) is 33.7. The number of aliphatic carboxylic acids is 1. The van der Waals surface area contributed by atoms with Gasteiger partial charge in [-0.3, -0.25) is 4.79 Å². The number of carboxylic acids is 1.